The third kappa shape index (κ3) is 2.95. The molecule has 0 spiro atoms. The summed E-state index contributed by atoms with van der Waals surface area (Å²) in [6.45, 7) is 2.57. The highest BCUT2D eigenvalue weighted by atomic mass is 15.2. The van der Waals surface area contributed by atoms with Crippen molar-refractivity contribution >= 4 is 0 Å². The molecule has 3 heteroatoms. The van der Waals surface area contributed by atoms with Gasteiger partial charge in [0.05, 0.1) is 12.0 Å². The first kappa shape index (κ1) is 13.4. The summed E-state index contributed by atoms with van der Waals surface area (Å²) in [5.41, 5.74) is 0. The normalized spacial score (nSPS) is 40.4. The molecule has 19 heavy (non-hydrogen) atoms. The fourth-order valence-corrected chi connectivity index (χ4v) is 4.38. The Morgan fingerprint density at radius 2 is 1.68 bits per heavy atom. The number of fused-ring (bicyclic) bond motifs is 1. The lowest BCUT2D eigenvalue weighted by atomic mass is 9.93. The van der Waals surface area contributed by atoms with Crippen LogP contribution in [0, 0.1) is 17.2 Å². The highest BCUT2D eigenvalue weighted by Crippen LogP contribution is 2.30. The predicted molar refractivity (Wildman–Crippen MR) is 76.7 cm³/mol. The van der Waals surface area contributed by atoms with Crippen molar-refractivity contribution in [3.63, 3.8) is 0 Å². The van der Waals surface area contributed by atoms with Gasteiger partial charge in [-0.25, -0.2) is 0 Å². The number of nitriles is 1. The van der Waals surface area contributed by atoms with Gasteiger partial charge in [-0.2, -0.15) is 5.26 Å². The van der Waals surface area contributed by atoms with Gasteiger partial charge in [-0.1, -0.05) is 25.7 Å². The standard InChI is InChI=1S/C16H27N3/c17-12-13-6-2-1-3-7-14(13)18-15-9-11-19-10-5-4-8-16(15)19/h13-16,18H,1-11H2. The molecule has 0 aromatic carbocycles. The Kier molecular flexibility index (Phi) is 4.40. The van der Waals surface area contributed by atoms with E-state index in [0.717, 1.165) is 12.5 Å². The van der Waals surface area contributed by atoms with E-state index in [0.29, 0.717) is 12.1 Å². The first-order valence-electron chi connectivity index (χ1n) is 8.28. The molecular formula is C16H27N3. The molecule has 3 aliphatic rings. The number of nitrogens with one attached hydrogen (secondary N) is 1. The van der Waals surface area contributed by atoms with Gasteiger partial charge in [-0.15, -0.1) is 0 Å². The number of nitrogens with zero attached hydrogens (tertiary/aromatic N) is 2. The van der Waals surface area contributed by atoms with Gasteiger partial charge in [0.1, 0.15) is 0 Å². The molecule has 2 saturated heterocycles. The fraction of sp³-hybridized carbons (Fsp3) is 0.938. The molecular weight excluding hydrogens is 234 g/mol. The van der Waals surface area contributed by atoms with Crippen molar-refractivity contribution in [1.29, 1.82) is 5.26 Å². The first-order chi connectivity index (χ1) is 9.38. The second-order valence-electron chi connectivity index (χ2n) is 6.64. The molecule has 0 aromatic heterocycles. The fourth-order valence-electron chi connectivity index (χ4n) is 4.38. The van der Waals surface area contributed by atoms with Gasteiger partial charge in [-0.3, -0.25) is 4.90 Å². The van der Waals surface area contributed by atoms with Crippen molar-refractivity contribution in [2.75, 3.05) is 13.1 Å². The van der Waals surface area contributed by atoms with E-state index in [-0.39, 0.29) is 5.92 Å². The van der Waals surface area contributed by atoms with Crippen molar-refractivity contribution in [3.8, 4) is 6.07 Å². The summed E-state index contributed by atoms with van der Waals surface area (Å²) >= 11 is 0. The van der Waals surface area contributed by atoms with E-state index in [9.17, 15) is 5.26 Å². The monoisotopic (exact) mass is 261 g/mol. The molecule has 4 unspecified atom stereocenters. The lowest BCUT2D eigenvalue weighted by Crippen LogP contribution is -2.49. The Hall–Kier alpha value is -0.590. The molecule has 0 radical (unpaired) electrons. The van der Waals surface area contributed by atoms with E-state index >= 15 is 0 Å². The second-order valence-corrected chi connectivity index (χ2v) is 6.64. The van der Waals surface area contributed by atoms with Crippen molar-refractivity contribution in [1.82, 2.24) is 10.2 Å². The van der Waals surface area contributed by atoms with Crippen LogP contribution >= 0.6 is 0 Å². The Bertz CT molecular complexity index is 335. The van der Waals surface area contributed by atoms with Crippen LogP contribution in [-0.4, -0.2) is 36.1 Å². The smallest absolute Gasteiger partial charge is 0.0672 e. The third-order valence-electron chi connectivity index (χ3n) is 5.47. The molecule has 2 aliphatic heterocycles. The van der Waals surface area contributed by atoms with Crippen LogP contribution in [0.3, 0.4) is 0 Å². The largest absolute Gasteiger partial charge is 0.308 e. The summed E-state index contributed by atoms with van der Waals surface area (Å²) in [6, 6.07) is 4.43. The van der Waals surface area contributed by atoms with Gasteiger partial charge in [-0.05, 0) is 38.6 Å². The minimum absolute atomic E-state index is 0.250. The Morgan fingerprint density at radius 1 is 0.842 bits per heavy atom. The zero-order valence-corrected chi connectivity index (χ0v) is 12.0. The summed E-state index contributed by atoms with van der Waals surface area (Å²) in [6.07, 6.45) is 11.6. The van der Waals surface area contributed by atoms with Crippen LogP contribution in [-0.2, 0) is 0 Å². The van der Waals surface area contributed by atoms with Crippen molar-refractivity contribution in [2.24, 2.45) is 5.92 Å². The second kappa shape index (κ2) is 6.24. The van der Waals surface area contributed by atoms with Crippen molar-refractivity contribution in [3.05, 3.63) is 0 Å². The van der Waals surface area contributed by atoms with Gasteiger partial charge in [0.25, 0.3) is 0 Å². The lowest BCUT2D eigenvalue weighted by molar-refractivity contribution is 0.172. The number of rotatable bonds is 2. The maximum Gasteiger partial charge on any atom is 0.0672 e. The van der Waals surface area contributed by atoms with Crippen LogP contribution in [0.5, 0.6) is 0 Å². The molecule has 1 N–H and O–H groups in total. The number of hydrogen-bond acceptors (Lipinski definition) is 3. The molecule has 3 fully saturated rings. The molecule has 2 heterocycles. The molecule has 3 nitrogen and oxygen atoms in total. The minimum Gasteiger partial charge on any atom is -0.308 e. The quantitative estimate of drug-likeness (QED) is 0.777. The van der Waals surface area contributed by atoms with E-state index in [1.54, 1.807) is 0 Å². The highest BCUT2D eigenvalue weighted by molar-refractivity contribution is 5.00. The Labute approximate surface area is 117 Å². The summed E-state index contributed by atoms with van der Waals surface area (Å²) in [4.78, 5) is 2.68. The van der Waals surface area contributed by atoms with Crippen molar-refractivity contribution < 1.29 is 0 Å². The van der Waals surface area contributed by atoms with Gasteiger partial charge >= 0.3 is 0 Å². The number of piperidine rings is 1. The Morgan fingerprint density at radius 3 is 2.58 bits per heavy atom. The highest BCUT2D eigenvalue weighted by Gasteiger charge is 2.37. The summed E-state index contributed by atoms with van der Waals surface area (Å²) in [5.74, 6) is 0.250. The zero-order chi connectivity index (χ0) is 13.1. The summed E-state index contributed by atoms with van der Waals surface area (Å²) < 4.78 is 0. The minimum atomic E-state index is 0.250. The van der Waals surface area contributed by atoms with E-state index in [1.165, 1.54) is 64.5 Å². The molecule has 3 rings (SSSR count). The van der Waals surface area contributed by atoms with E-state index in [1.807, 2.05) is 0 Å². The summed E-state index contributed by atoms with van der Waals surface area (Å²) in [5, 5.41) is 13.3. The van der Waals surface area contributed by atoms with Crippen LogP contribution < -0.4 is 5.32 Å². The number of hydrogen-bond donors (Lipinski definition) is 1. The van der Waals surface area contributed by atoms with Gasteiger partial charge in [0, 0.05) is 24.7 Å². The van der Waals surface area contributed by atoms with E-state index < -0.39 is 0 Å². The Balaban J connectivity index is 1.61. The van der Waals surface area contributed by atoms with Crippen LogP contribution in [0.2, 0.25) is 0 Å². The van der Waals surface area contributed by atoms with Gasteiger partial charge in [0.15, 0.2) is 0 Å². The van der Waals surface area contributed by atoms with Crippen LogP contribution in [0.25, 0.3) is 0 Å². The van der Waals surface area contributed by atoms with Gasteiger partial charge in [0.2, 0.25) is 0 Å². The molecule has 0 amide bonds. The average molecular weight is 261 g/mol. The molecule has 1 saturated carbocycles. The molecule has 4 atom stereocenters. The molecule has 1 aliphatic carbocycles. The maximum atomic E-state index is 9.39. The van der Waals surface area contributed by atoms with E-state index in [2.05, 4.69) is 16.3 Å². The molecule has 106 valence electrons. The van der Waals surface area contributed by atoms with Crippen LogP contribution in [0.15, 0.2) is 0 Å². The first-order valence-corrected chi connectivity index (χ1v) is 8.28. The van der Waals surface area contributed by atoms with E-state index in [4.69, 9.17) is 0 Å². The molecule has 0 aromatic rings. The van der Waals surface area contributed by atoms with Crippen molar-refractivity contribution in [2.45, 2.75) is 75.9 Å². The third-order valence-corrected chi connectivity index (χ3v) is 5.47. The zero-order valence-electron chi connectivity index (χ0n) is 12.0. The average Bonchev–Trinajstić information content (AvgIpc) is 2.71. The topological polar surface area (TPSA) is 39.1 Å². The lowest BCUT2D eigenvalue weighted by Gasteiger charge is -2.35. The SMILES string of the molecule is N#CC1CCCCCC1NC1CCN2CCCCC12. The molecule has 0 bridgehead atoms. The van der Waals surface area contributed by atoms with Gasteiger partial charge < -0.3 is 5.32 Å². The van der Waals surface area contributed by atoms with Crippen LogP contribution in [0.4, 0.5) is 0 Å². The maximum absolute atomic E-state index is 9.39. The summed E-state index contributed by atoms with van der Waals surface area (Å²) in [7, 11) is 0. The van der Waals surface area contributed by atoms with Crippen LogP contribution in [0.1, 0.15) is 57.8 Å². The predicted octanol–water partition coefficient (Wildman–Crippen LogP) is 2.68.